The summed E-state index contributed by atoms with van der Waals surface area (Å²) in [4.78, 5) is 50.2. The molecule has 0 amide bonds. The van der Waals surface area contributed by atoms with Gasteiger partial charge in [-0.25, -0.2) is 0 Å². The monoisotopic (exact) mass is 622 g/mol. The molecule has 0 unspecified atom stereocenters. The summed E-state index contributed by atoms with van der Waals surface area (Å²) in [5, 5.41) is 20.9. The van der Waals surface area contributed by atoms with Crippen LogP contribution in [0.3, 0.4) is 0 Å². The Labute approximate surface area is 300 Å². The topological polar surface area (TPSA) is 121 Å². The van der Waals surface area contributed by atoms with Crippen LogP contribution in [0.1, 0.15) is 126 Å². The molecule has 9 atom stereocenters. The van der Waals surface area contributed by atoms with E-state index in [0.29, 0.717) is 19.3 Å². The fraction of sp³-hybridized carbons (Fsp3) is 0.829. The molecule has 4 fully saturated rings. The van der Waals surface area contributed by atoms with E-state index < -0.39 is 17.4 Å². The van der Waals surface area contributed by atoms with Crippen LogP contribution in [0.2, 0.25) is 0 Å². The predicted molar refractivity (Wildman–Crippen MR) is 156 cm³/mol. The molecule has 0 spiro atoms. The third kappa shape index (κ3) is 5.39. The van der Waals surface area contributed by atoms with Crippen LogP contribution in [0.4, 0.5) is 0 Å². The Morgan fingerprint density at radius 3 is 2.21 bits per heavy atom. The number of ether oxygens (including phenoxy) is 1. The molecule has 5 aliphatic carbocycles. The number of allylic oxidation sites excluding steroid dienone is 2. The average Bonchev–Trinajstić information content (AvgIpc) is 2.87. The molecule has 0 aliphatic heterocycles. The van der Waals surface area contributed by atoms with Gasteiger partial charge in [0.15, 0.2) is 5.78 Å². The number of hydrogen-bond acceptors (Lipinski definition) is 6. The third-order valence-corrected chi connectivity index (χ3v) is 14.1. The normalized spacial score (nSPS) is 44.7. The summed E-state index contributed by atoms with van der Waals surface area (Å²) < 4.78 is 5.99. The van der Waals surface area contributed by atoms with Gasteiger partial charge < -0.3 is 19.7 Å². The standard InChI is InChI=1S/C35H52O7.K/c1-30(2)24-11-14-35(7)28(33(24,5)13-12-25(30)42-27(39)10-8-9-26(37)38)23(36)19-21-22-20-32(4,29(40)41)16-15-31(22,3)17-18-34(21,35)6;/h19,22,24-25,28H,8-18,20H2,1-7H3,(H,37,38)(H,40,41);/q;+1/p-1/t22-,24-,25-,28+,31+,32-,33-,34+,35+;/m0./s1. The van der Waals surface area contributed by atoms with Crippen LogP contribution < -0.4 is 56.5 Å². The molecule has 0 bridgehead atoms. The van der Waals surface area contributed by atoms with Crippen molar-refractivity contribution >= 4 is 23.7 Å². The minimum absolute atomic E-state index is 0. The minimum Gasteiger partial charge on any atom is -0.550 e. The van der Waals surface area contributed by atoms with Gasteiger partial charge in [0, 0.05) is 23.7 Å². The number of carbonyl (C=O) groups excluding carboxylic acids is 3. The SMILES string of the molecule is CC1(C)[C@@H](OC(=O)CCCC(=O)[O-])CC[C@]2(C)[C@H]3C(=O)C=C4[C@@H]5C[C@@](C)(C(=O)O)CC[C@]5(C)CC[C@@]4(C)[C@]3(C)CC[C@@H]12.[K+]. The van der Waals surface area contributed by atoms with Gasteiger partial charge in [-0.3, -0.25) is 14.4 Å². The summed E-state index contributed by atoms with van der Waals surface area (Å²) in [6, 6.07) is 0. The molecule has 0 aromatic carbocycles. The average molecular weight is 623 g/mol. The molecule has 0 aromatic rings. The van der Waals surface area contributed by atoms with Gasteiger partial charge >= 0.3 is 63.3 Å². The second-order valence-corrected chi connectivity index (χ2v) is 16.6. The number of ketones is 1. The molecular formula is C35H51KO7. The molecule has 43 heavy (non-hydrogen) atoms. The van der Waals surface area contributed by atoms with Crippen LogP contribution in [0.25, 0.3) is 0 Å². The minimum atomic E-state index is -1.16. The van der Waals surface area contributed by atoms with E-state index >= 15 is 0 Å². The van der Waals surface area contributed by atoms with Crippen molar-refractivity contribution in [3.05, 3.63) is 11.6 Å². The summed E-state index contributed by atoms with van der Waals surface area (Å²) in [6.45, 7) is 15.6. The first kappa shape index (κ1) is 35.3. The van der Waals surface area contributed by atoms with Crippen LogP contribution >= 0.6 is 0 Å². The number of aliphatic carboxylic acids is 2. The number of carbonyl (C=O) groups is 4. The molecular weight excluding hydrogens is 571 g/mol. The second-order valence-electron chi connectivity index (χ2n) is 16.6. The van der Waals surface area contributed by atoms with Gasteiger partial charge in [-0.1, -0.05) is 47.1 Å². The molecule has 1 N–H and O–H groups in total. The fourth-order valence-electron chi connectivity index (χ4n) is 11.2. The van der Waals surface area contributed by atoms with Gasteiger partial charge in [0.1, 0.15) is 6.10 Å². The third-order valence-electron chi connectivity index (χ3n) is 14.1. The molecule has 0 radical (unpaired) electrons. The Hall–Kier alpha value is -0.544. The maximum Gasteiger partial charge on any atom is 1.00 e. The number of fused-ring (bicyclic) bond motifs is 7. The molecule has 0 saturated heterocycles. The summed E-state index contributed by atoms with van der Waals surface area (Å²) in [5.74, 6) is -1.89. The van der Waals surface area contributed by atoms with Crippen LogP contribution in [-0.4, -0.2) is 34.9 Å². The van der Waals surface area contributed by atoms with Gasteiger partial charge in [0.2, 0.25) is 0 Å². The van der Waals surface area contributed by atoms with Crippen molar-refractivity contribution in [2.24, 2.45) is 50.2 Å². The Morgan fingerprint density at radius 2 is 1.58 bits per heavy atom. The molecule has 234 valence electrons. The van der Waals surface area contributed by atoms with E-state index in [-0.39, 0.29) is 133 Å². The molecule has 0 aromatic heterocycles. The molecule has 7 nitrogen and oxygen atoms in total. The van der Waals surface area contributed by atoms with E-state index in [2.05, 4.69) is 41.5 Å². The van der Waals surface area contributed by atoms with Crippen LogP contribution in [0, 0.1) is 50.2 Å². The Bertz CT molecular complexity index is 1220. The maximum absolute atomic E-state index is 14.5. The van der Waals surface area contributed by atoms with Gasteiger partial charge in [0.05, 0.1) is 5.41 Å². The number of esters is 1. The first-order chi connectivity index (χ1) is 19.3. The smallest absolute Gasteiger partial charge is 0.550 e. The van der Waals surface area contributed by atoms with E-state index in [4.69, 9.17) is 4.74 Å². The first-order valence-electron chi connectivity index (χ1n) is 16.2. The number of carboxylic acids is 2. The van der Waals surface area contributed by atoms with Crippen LogP contribution in [-0.2, 0) is 23.9 Å². The second kappa shape index (κ2) is 11.6. The fourth-order valence-corrected chi connectivity index (χ4v) is 11.2. The van der Waals surface area contributed by atoms with Crippen molar-refractivity contribution in [1.82, 2.24) is 0 Å². The summed E-state index contributed by atoms with van der Waals surface area (Å²) in [7, 11) is 0. The Kier molecular flexibility index (Phi) is 9.53. The van der Waals surface area contributed by atoms with Crippen LogP contribution in [0.15, 0.2) is 11.6 Å². The van der Waals surface area contributed by atoms with Crippen molar-refractivity contribution < 1.29 is 85.5 Å². The summed E-state index contributed by atoms with van der Waals surface area (Å²) >= 11 is 0. The zero-order valence-electron chi connectivity index (χ0n) is 27.8. The van der Waals surface area contributed by atoms with Gasteiger partial charge in [-0.15, -0.1) is 0 Å². The summed E-state index contributed by atoms with van der Waals surface area (Å²) in [6.07, 6.45) is 9.38. The van der Waals surface area contributed by atoms with E-state index in [1.165, 1.54) is 5.57 Å². The van der Waals surface area contributed by atoms with Gasteiger partial charge in [-0.05, 0) is 117 Å². The molecule has 4 saturated carbocycles. The van der Waals surface area contributed by atoms with Gasteiger partial charge in [-0.2, -0.15) is 0 Å². The quantitative estimate of drug-likeness (QED) is 0.357. The first-order valence-corrected chi connectivity index (χ1v) is 16.2. The Balaban J connectivity index is 0.00000423. The maximum atomic E-state index is 14.5. The molecule has 0 heterocycles. The van der Waals surface area contributed by atoms with Crippen molar-refractivity contribution in [2.45, 2.75) is 132 Å². The largest absolute Gasteiger partial charge is 1.00 e. The number of carboxylic acid groups (broad SMARTS) is 2. The van der Waals surface area contributed by atoms with Crippen molar-refractivity contribution in [3.63, 3.8) is 0 Å². The number of rotatable bonds is 6. The van der Waals surface area contributed by atoms with Crippen molar-refractivity contribution in [2.75, 3.05) is 0 Å². The molecule has 5 rings (SSSR count). The van der Waals surface area contributed by atoms with Crippen molar-refractivity contribution in [1.29, 1.82) is 0 Å². The molecule has 5 aliphatic rings. The zero-order chi connectivity index (χ0) is 31.1. The summed E-state index contributed by atoms with van der Waals surface area (Å²) in [5.41, 5.74) is -0.517. The van der Waals surface area contributed by atoms with E-state index in [9.17, 15) is 29.4 Å². The predicted octanol–water partition coefficient (Wildman–Crippen LogP) is 2.89. The van der Waals surface area contributed by atoms with E-state index in [1.54, 1.807) is 0 Å². The van der Waals surface area contributed by atoms with E-state index in [0.717, 1.165) is 38.5 Å². The van der Waals surface area contributed by atoms with Crippen molar-refractivity contribution in [3.8, 4) is 0 Å². The van der Waals surface area contributed by atoms with Crippen LogP contribution in [0.5, 0.6) is 0 Å². The Morgan fingerprint density at radius 1 is 0.930 bits per heavy atom. The zero-order valence-corrected chi connectivity index (χ0v) is 30.9. The number of hydrogen-bond donors (Lipinski definition) is 1. The molecule has 8 heteroatoms. The van der Waals surface area contributed by atoms with E-state index in [1.807, 2.05) is 13.0 Å². The van der Waals surface area contributed by atoms with Gasteiger partial charge in [0.25, 0.3) is 0 Å².